The zero-order chi connectivity index (χ0) is 20.7. The van der Waals surface area contributed by atoms with E-state index in [1.54, 1.807) is 34.4 Å². The van der Waals surface area contributed by atoms with Gasteiger partial charge in [0, 0.05) is 52.2 Å². The Labute approximate surface area is 186 Å². The van der Waals surface area contributed by atoms with Crippen molar-refractivity contribution in [2.45, 2.75) is 30.0 Å². The molecule has 0 radical (unpaired) electrons. The molecule has 5 rings (SSSR count). The van der Waals surface area contributed by atoms with Gasteiger partial charge in [-0.25, -0.2) is 9.97 Å². The smallest absolute Gasteiger partial charge is 0.293 e. The molecule has 0 atom stereocenters. The van der Waals surface area contributed by atoms with Gasteiger partial charge in [0.15, 0.2) is 10.9 Å². The predicted octanol–water partition coefficient (Wildman–Crippen LogP) is 5.19. The van der Waals surface area contributed by atoms with Crippen molar-refractivity contribution in [2.24, 2.45) is 0 Å². The van der Waals surface area contributed by atoms with Crippen LogP contribution in [0.5, 0.6) is 0 Å². The third kappa shape index (κ3) is 3.90. The van der Waals surface area contributed by atoms with Crippen LogP contribution < -0.4 is 5.32 Å². The summed E-state index contributed by atoms with van der Waals surface area (Å²) in [5, 5.41) is 6.60. The summed E-state index contributed by atoms with van der Waals surface area (Å²) in [6.07, 6.45) is 0.915. The minimum Gasteiger partial charge on any atom is -0.451 e. The number of carbonyl (C=O) groups excluding carboxylic acids is 1. The van der Waals surface area contributed by atoms with E-state index in [0.717, 1.165) is 46.2 Å². The fourth-order valence-electron chi connectivity index (χ4n) is 3.49. The number of amides is 1. The second-order valence-electron chi connectivity index (χ2n) is 7.28. The van der Waals surface area contributed by atoms with Crippen LogP contribution in [0, 0.1) is 6.92 Å². The fourth-order valence-corrected chi connectivity index (χ4v) is 6.45. The number of fused-ring (bicyclic) bond motifs is 2. The summed E-state index contributed by atoms with van der Waals surface area (Å²) in [6.45, 7) is 3.85. The number of thioether (sulfide) groups is 1. The molecule has 30 heavy (non-hydrogen) atoms. The summed E-state index contributed by atoms with van der Waals surface area (Å²) < 4.78 is 6.96. The third-order valence-electron chi connectivity index (χ3n) is 4.98. The maximum absolute atomic E-state index is 13.1. The monoisotopic (exact) mass is 456 g/mol. The lowest BCUT2D eigenvalue weighted by Crippen LogP contribution is -2.25. The van der Waals surface area contributed by atoms with Gasteiger partial charge in [-0.15, -0.1) is 22.7 Å². The molecular weight excluding hydrogens is 436 g/mol. The Kier molecular flexibility index (Phi) is 5.36. The minimum absolute atomic E-state index is 0.253. The second kappa shape index (κ2) is 8.14. The van der Waals surface area contributed by atoms with Crippen molar-refractivity contribution >= 4 is 56.4 Å². The first-order valence-corrected chi connectivity index (χ1v) is 12.3. The van der Waals surface area contributed by atoms with Crippen molar-refractivity contribution in [3.8, 4) is 0 Å². The molecule has 0 saturated heterocycles. The van der Waals surface area contributed by atoms with Crippen molar-refractivity contribution in [2.75, 3.05) is 18.9 Å². The van der Waals surface area contributed by atoms with Gasteiger partial charge in [0.05, 0.1) is 5.69 Å². The second-order valence-corrected chi connectivity index (χ2v) is 10.4. The lowest BCUT2D eigenvalue weighted by molar-refractivity contribution is 0.0998. The molecule has 0 unspecified atom stereocenters. The van der Waals surface area contributed by atoms with E-state index in [-0.39, 0.29) is 5.91 Å². The highest BCUT2D eigenvalue weighted by Gasteiger charge is 2.24. The number of rotatable bonds is 5. The molecule has 1 amide bonds. The molecule has 4 aromatic rings. The van der Waals surface area contributed by atoms with Crippen LogP contribution in [-0.4, -0.2) is 34.4 Å². The van der Waals surface area contributed by atoms with E-state index in [1.165, 1.54) is 4.88 Å². The van der Waals surface area contributed by atoms with E-state index in [4.69, 9.17) is 4.42 Å². The molecule has 1 N–H and O–H groups in total. The summed E-state index contributed by atoms with van der Waals surface area (Å²) in [7, 11) is 2.10. The Morgan fingerprint density at radius 1 is 1.33 bits per heavy atom. The lowest BCUT2D eigenvalue weighted by atomic mass is 10.1. The molecule has 6 nitrogen and oxygen atoms in total. The topological polar surface area (TPSA) is 71.3 Å². The summed E-state index contributed by atoms with van der Waals surface area (Å²) in [6, 6.07) is 7.77. The highest BCUT2D eigenvalue weighted by atomic mass is 32.2. The number of thiazole rings is 2. The van der Waals surface area contributed by atoms with Crippen LogP contribution in [-0.2, 0) is 18.7 Å². The van der Waals surface area contributed by atoms with E-state index in [1.807, 2.05) is 36.6 Å². The highest BCUT2D eigenvalue weighted by Crippen LogP contribution is 2.34. The van der Waals surface area contributed by atoms with E-state index >= 15 is 0 Å². The SMILES string of the molecule is Cc1csc(SCc2c(C(=O)Nc3nc4c(s3)CN(C)CC4)oc3ccccc23)n1. The molecule has 1 aromatic carbocycles. The molecule has 0 aliphatic carbocycles. The predicted molar refractivity (Wildman–Crippen MR) is 123 cm³/mol. The van der Waals surface area contributed by atoms with Crippen LogP contribution >= 0.6 is 34.4 Å². The van der Waals surface area contributed by atoms with E-state index in [9.17, 15) is 4.79 Å². The van der Waals surface area contributed by atoms with Gasteiger partial charge in [0.25, 0.3) is 5.91 Å². The van der Waals surface area contributed by atoms with Crippen LogP contribution in [0.2, 0.25) is 0 Å². The molecule has 0 bridgehead atoms. The Morgan fingerprint density at radius 3 is 3.03 bits per heavy atom. The van der Waals surface area contributed by atoms with E-state index in [2.05, 4.69) is 27.2 Å². The van der Waals surface area contributed by atoms with Crippen molar-refractivity contribution in [1.29, 1.82) is 0 Å². The third-order valence-corrected chi connectivity index (χ3v) is 8.15. The first-order chi connectivity index (χ1) is 14.6. The summed E-state index contributed by atoms with van der Waals surface area (Å²) in [5.74, 6) is 0.713. The number of likely N-dealkylation sites (N-methyl/N-ethyl adjacent to an activating group) is 1. The first kappa shape index (κ1) is 19.7. The zero-order valence-electron chi connectivity index (χ0n) is 16.6. The molecule has 0 saturated carbocycles. The number of nitrogens with zero attached hydrogens (tertiary/aromatic N) is 3. The number of furan rings is 1. The maximum atomic E-state index is 13.1. The average molecular weight is 457 g/mol. The largest absolute Gasteiger partial charge is 0.451 e. The molecule has 0 spiro atoms. The lowest BCUT2D eigenvalue weighted by Gasteiger charge is -2.20. The molecule has 154 valence electrons. The molecular formula is C21H20N4O2S3. The number of para-hydroxylation sites is 1. The summed E-state index contributed by atoms with van der Waals surface area (Å²) in [5.41, 5.74) is 3.71. The van der Waals surface area contributed by atoms with Gasteiger partial charge < -0.3 is 9.32 Å². The number of carbonyl (C=O) groups is 1. The van der Waals surface area contributed by atoms with Gasteiger partial charge in [-0.3, -0.25) is 10.1 Å². The molecule has 9 heteroatoms. The van der Waals surface area contributed by atoms with Crippen molar-refractivity contribution in [3.63, 3.8) is 0 Å². The van der Waals surface area contributed by atoms with Crippen molar-refractivity contribution < 1.29 is 9.21 Å². The van der Waals surface area contributed by atoms with Gasteiger partial charge in [-0.1, -0.05) is 30.0 Å². The average Bonchev–Trinajstić information content (AvgIpc) is 3.42. The Morgan fingerprint density at radius 2 is 2.20 bits per heavy atom. The van der Waals surface area contributed by atoms with Gasteiger partial charge >= 0.3 is 0 Å². The van der Waals surface area contributed by atoms with Crippen molar-refractivity contribution in [3.05, 3.63) is 57.2 Å². The van der Waals surface area contributed by atoms with Gasteiger partial charge in [0.2, 0.25) is 0 Å². The summed E-state index contributed by atoms with van der Waals surface area (Å²) in [4.78, 5) is 25.8. The quantitative estimate of drug-likeness (QED) is 0.417. The number of hydrogen-bond donors (Lipinski definition) is 1. The Balaban J connectivity index is 1.42. The number of anilines is 1. The molecule has 1 aliphatic heterocycles. The Hall–Kier alpha value is -2.20. The summed E-state index contributed by atoms with van der Waals surface area (Å²) >= 11 is 4.79. The van der Waals surface area contributed by atoms with E-state index in [0.29, 0.717) is 22.2 Å². The molecule has 1 aliphatic rings. The van der Waals surface area contributed by atoms with Gasteiger partial charge in [0.1, 0.15) is 9.92 Å². The first-order valence-electron chi connectivity index (χ1n) is 9.60. The van der Waals surface area contributed by atoms with Gasteiger partial charge in [-0.2, -0.15) is 0 Å². The van der Waals surface area contributed by atoms with Gasteiger partial charge in [-0.05, 0) is 20.0 Å². The fraction of sp³-hybridized carbons (Fsp3) is 0.286. The maximum Gasteiger partial charge on any atom is 0.293 e. The van der Waals surface area contributed by atoms with Crippen LogP contribution in [0.15, 0.2) is 38.4 Å². The normalized spacial score (nSPS) is 14.2. The molecule has 3 aromatic heterocycles. The van der Waals surface area contributed by atoms with Crippen LogP contribution in [0.25, 0.3) is 11.0 Å². The standard InChI is InChI=1S/C21H20N4O2S3/c1-12-10-28-21(22-12)29-11-14-13-5-3-4-6-16(13)27-18(14)19(26)24-20-23-15-7-8-25(2)9-17(15)30-20/h3-6,10H,7-9,11H2,1-2H3,(H,23,24,26). The van der Waals surface area contributed by atoms with Crippen LogP contribution in [0.1, 0.15) is 32.4 Å². The van der Waals surface area contributed by atoms with Crippen LogP contribution in [0.3, 0.4) is 0 Å². The number of hydrogen-bond acceptors (Lipinski definition) is 8. The number of benzene rings is 1. The number of aromatic nitrogens is 2. The number of aryl methyl sites for hydroxylation is 1. The minimum atomic E-state index is -0.253. The van der Waals surface area contributed by atoms with Crippen LogP contribution in [0.4, 0.5) is 5.13 Å². The Bertz CT molecular complexity index is 1230. The number of nitrogens with one attached hydrogen (secondary N) is 1. The van der Waals surface area contributed by atoms with E-state index < -0.39 is 0 Å². The highest BCUT2D eigenvalue weighted by molar-refractivity contribution is 8.00. The van der Waals surface area contributed by atoms with Crippen molar-refractivity contribution in [1.82, 2.24) is 14.9 Å². The molecule has 4 heterocycles. The molecule has 0 fully saturated rings. The zero-order valence-corrected chi connectivity index (χ0v) is 19.0.